The molecule has 0 bridgehead atoms. The fraction of sp³-hybridized carbons (Fsp3) is 0. The van der Waals surface area contributed by atoms with Crippen molar-refractivity contribution in [2.24, 2.45) is 5.73 Å². The highest BCUT2D eigenvalue weighted by atomic mass is 79.9. The van der Waals surface area contributed by atoms with Crippen LogP contribution in [0.1, 0.15) is 0 Å². The molecule has 5 heteroatoms. The summed E-state index contributed by atoms with van der Waals surface area (Å²) in [6.45, 7) is 0. The number of carboxylic acids is 1. The smallest absolute Gasteiger partial charge is 0.351 e. The molecule has 0 amide bonds. The first-order chi connectivity index (χ1) is 4.04. The van der Waals surface area contributed by atoms with Gasteiger partial charge >= 0.3 is 5.97 Å². The quantitative estimate of drug-likeness (QED) is 0.434. The Morgan fingerprint density at radius 2 is 2.22 bits per heavy atom. The van der Waals surface area contributed by atoms with E-state index >= 15 is 0 Å². The van der Waals surface area contributed by atoms with Crippen LogP contribution < -0.4 is 5.73 Å². The first kappa shape index (κ1) is 8.16. The normalized spacial score (nSPS) is 11.0. The van der Waals surface area contributed by atoms with E-state index in [-0.39, 0.29) is 10.3 Å². The summed E-state index contributed by atoms with van der Waals surface area (Å²) in [5.74, 6) is -1.22. The van der Waals surface area contributed by atoms with E-state index < -0.39 is 5.97 Å². The maximum atomic E-state index is 9.92. The summed E-state index contributed by atoms with van der Waals surface area (Å²) in [6.07, 6.45) is 1.00. The van der Waals surface area contributed by atoms with Crippen LogP contribution in [-0.4, -0.2) is 15.7 Å². The molecule has 0 fully saturated rings. The van der Waals surface area contributed by atoms with Gasteiger partial charge in [0.15, 0.2) is 0 Å². The van der Waals surface area contributed by atoms with Gasteiger partial charge in [0.2, 0.25) is 0 Å². The molecule has 0 saturated carbocycles. The van der Waals surface area contributed by atoms with Crippen LogP contribution in [0.15, 0.2) is 11.8 Å². The molecule has 0 atom stereocenters. The number of nitrogens with one attached hydrogen (secondary N) is 1. The fourth-order valence-electron chi connectivity index (χ4n) is 0.198. The number of nitrogens with two attached hydrogens (primary N) is 1. The van der Waals surface area contributed by atoms with Gasteiger partial charge in [0.05, 0.1) is 4.62 Å². The second-order valence-corrected chi connectivity index (χ2v) is 2.11. The summed E-state index contributed by atoms with van der Waals surface area (Å²) >= 11 is 2.71. The number of carboxylic acid groups (broad SMARTS) is 1. The predicted molar refractivity (Wildman–Crippen MR) is 36.6 cm³/mol. The minimum absolute atomic E-state index is 0.0533. The zero-order valence-corrected chi connectivity index (χ0v) is 5.97. The average molecular weight is 193 g/mol. The third-order valence-electron chi connectivity index (χ3n) is 0.529. The van der Waals surface area contributed by atoms with Crippen molar-refractivity contribution in [1.29, 1.82) is 5.41 Å². The molecule has 50 valence electrons. The number of carbonyl (C=O) groups is 1. The van der Waals surface area contributed by atoms with Crippen molar-refractivity contribution < 1.29 is 9.90 Å². The second-order valence-electron chi connectivity index (χ2n) is 1.25. The van der Waals surface area contributed by atoms with E-state index in [0.717, 1.165) is 6.08 Å². The molecule has 0 aromatic heterocycles. The summed E-state index contributed by atoms with van der Waals surface area (Å²) in [6, 6.07) is 0. The molecule has 0 radical (unpaired) electrons. The molecule has 0 spiro atoms. The fourth-order valence-corrected chi connectivity index (χ4v) is 0.445. The number of hydrogen-bond donors (Lipinski definition) is 3. The first-order valence-corrected chi connectivity index (χ1v) is 2.78. The summed E-state index contributed by atoms with van der Waals surface area (Å²) < 4.78 is -0.0533. The van der Waals surface area contributed by atoms with E-state index in [9.17, 15) is 4.79 Å². The Balaban J connectivity index is 4.17. The van der Waals surface area contributed by atoms with Crippen LogP contribution in [0.4, 0.5) is 0 Å². The summed E-state index contributed by atoms with van der Waals surface area (Å²) in [5.41, 5.74) is 4.56. The third-order valence-corrected chi connectivity index (χ3v) is 0.758. The first-order valence-electron chi connectivity index (χ1n) is 1.98. The zero-order valence-electron chi connectivity index (χ0n) is 4.39. The average Bonchev–Trinajstić information content (AvgIpc) is 1.63. The minimum atomic E-state index is -1.22. The van der Waals surface area contributed by atoms with Gasteiger partial charge in [-0.2, -0.15) is 0 Å². The molecular weight excluding hydrogens is 188 g/mol. The van der Waals surface area contributed by atoms with E-state index in [2.05, 4.69) is 15.9 Å². The third kappa shape index (κ3) is 3.72. The summed E-state index contributed by atoms with van der Waals surface area (Å²) in [5, 5.41) is 14.8. The van der Waals surface area contributed by atoms with Crippen LogP contribution in [0.25, 0.3) is 0 Å². The maximum absolute atomic E-state index is 9.92. The van der Waals surface area contributed by atoms with E-state index in [0.29, 0.717) is 0 Å². The Morgan fingerprint density at radius 1 is 1.78 bits per heavy atom. The second kappa shape index (κ2) is 3.24. The standard InChI is InChI=1S/C4H5BrN2O2/c5-3(7)1-2(6)4(8)9/h1,7H,6H2,(H,8,9)/b2-1-,7-3?. The lowest BCUT2D eigenvalue weighted by atomic mass is 10.4. The SMILES string of the molecule is N=C(Br)/C=C(\N)C(=O)O. The Bertz CT molecular complexity index is 175. The zero-order chi connectivity index (χ0) is 7.44. The molecule has 0 rings (SSSR count). The van der Waals surface area contributed by atoms with Crippen molar-refractivity contribution in [2.75, 3.05) is 0 Å². The van der Waals surface area contributed by atoms with Gasteiger partial charge in [-0.1, -0.05) is 0 Å². The lowest BCUT2D eigenvalue weighted by Gasteiger charge is -1.88. The number of aliphatic carboxylic acids is 1. The van der Waals surface area contributed by atoms with Crippen LogP contribution in [-0.2, 0) is 4.79 Å². The molecule has 4 N–H and O–H groups in total. The largest absolute Gasteiger partial charge is 0.477 e. The lowest BCUT2D eigenvalue weighted by Crippen LogP contribution is -2.10. The molecule has 0 aromatic rings. The van der Waals surface area contributed by atoms with Crippen molar-refractivity contribution in [1.82, 2.24) is 0 Å². The van der Waals surface area contributed by atoms with Crippen molar-refractivity contribution >= 4 is 26.5 Å². The number of rotatable bonds is 2. The monoisotopic (exact) mass is 192 g/mol. The molecule has 0 saturated heterocycles. The Kier molecular flexibility index (Phi) is 2.94. The van der Waals surface area contributed by atoms with Crippen LogP contribution in [0, 0.1) is 5.41 Å². The Hall–Kier alpha value is -0.840. The minimum Gasteiger partial charge on any atom is -0.477 e. The Morgan fingerprint density at radius 3 is 2.33 bits per heavy atom. The molecule has 0 aliphatic rings. The predicted octanol–water partition coefficient (Wildman–Crippen LogP) is 0.286. The molecule has 0 aliphatic carbocycles. The molecule has 4 nitrogen and oxygen atoms in total. The highest BCUT2D eigenvalue weighted by molar-refractivity contribution is 9.18. The van der Waals surface area contributed by atoms with Crippen LogP contribution in [0.2, 0.25) is 0 Å². The van der Waals surface area contributed by atoms with Crippen molar-refractivity contribution in [3.05, 3.63) is 11.8 Å². The van der Waals surface area contributed by atoms with Crippen molar-refractivity contribution in [2.45, 2.75) is 0 Å². The highest BCUT2D eigenvalue weighted by Crippen LogP contribution is 1.90. The lowest BCUT2D eigenvalue weighted by molar-refractivity contribution is -0.132. The van der Waals surface area contributed by atoms with Gasteiger partial charge in [0, 0.05) is 6.08 Å². The van der Waals surface area contributed by atoms with E-state index in [1.165, 1.54) is 0 Å². The van der Waals surface area contributed by atoms with E-state index in [1.807, 2.05) is 0 Å². The van der Waals surface area contributed by atoms with Gasteiger partial charge in [-0.05, 0) is 15.9 Å². The maximum Gasteiger partial charge on any atom is 0.351 e. The van der Waals surface area contributed by atoms with E-state index in [1.54, 1.807) is 0 Å². The Labute approximate surface area is 60.0 Å². The molecule has 0 heterocycles. The highest BCUT2D eigenvalue weighted by Gasteiger charge is 1.99. The van der Waals surface area contributed by atoms with Crippen molar-refractivity contribution in [3.63, 3.8) is 0 Å². The van der Waals surface area contributed by atoms with Crippen molar-refractivity contribution in [3.8, 4) is 0 Å². The number of halogens is 1. The summed E-state index contributed by atoms with van der Waals surface area (Å²) in [4.78, 5) is 9.92. The number of hydrogen-bond acceptors (Lipinski definition) is 3. The van der Waals surface area contributed by atoms with Gasteiger partial charge in [-0.15, -0.1) is 0 Å². The number of allylic oxidation sites excluding steroid dienone is 1. The van der Waals surface area contributed by atoms with Gasteiger partial charge in [0.1, 0.15) is 5.70 Å². The molecule has 0 aromatic carbocycles. The van der Waals surface area contributed by atoms with E-state index in [4.69, 9.17) is 16.2 Å². The van der Waals surface area contributed by atoms with Crippen LogP contribution in [0.5, 0.6) is 0 Å². The molecule has 0 aliphatic heterocycles. The molecule has 9 heavy (non-hydrogen) atoms. The van der Waals surface area contributed by atoms with Gasteiger partial charge in [0.25, 0.3) is 0 Å². The van der Waals surface area contributed by atoms with Crippen LogP contribution in [0.3, 0.4) is 0 Å². The molecule has 0 unspecified atom stereocenters. The summed E-state index contributed by atoms with van der Waals surface area (Å²) in [7, 11) is 0. The van der Waals surface area contributed by atoms with Gasteiger partial charge in [-0.25, -0.2) is 4.79 Å². The topological polar surface area (TPSA) is 87.2 Å². The van der Waals surface area contributed by atoms with Gasteiger partial charge in [-0.3, -0.25) is 5.41 Å². The van der Waals surface area contributed by atoms with Crippen LogP contribution >= 0.6 is 15.9 Å². The van der Waals surface area contributed by atoms with Gasteiger partial charge < -0.3 is 10.8 Å². The molecular formula is C4H5BrN2O2.